The van der Waals surface area contributed by atoms with E-state index in [-0.39, 0.29) is 11.5 Å². The summed E-state index contributed by atoms with van der Waals surface area (Å²) in [5.74, 6) is -0.309. The van der Waals surface area contributed by atoms with E-state index >= 15 is 0 Å². The lowest BCUT2D eigenvalue weighted by Crippen LogP contribution is -2.30. The van der Waals surface area contributed by atoms with E-state index < -0.39 is 11.8 Å². The second kappa shape index (κ2) is 8.92. The SMILES string of the molecule is COc1ccc(NC(=O)C(=Cc2ccccc2Cl)NC(=O)c2ccco2)cc1. The molecule has 0 bridgehead atoms. The number of hydrogen-bond acceptors (Lipinski definition) is 4. The molecule has 3 aromatic rings. The maximum Gasteiger partial charge on any atom is 0.291 e. The number of hydrogen-bond donors (Lipinski definition) is 2. The van der Waals surface area contributed by atoms with Crippen LogP contribution in [0.2, 0.25) is 5.02 Å². The van der Waals surface area contributed by atoms with Crippen molar-refractivity contribution in [1.29, 1.82) is 0 Å². The summed E-state index contributed by atoms with van der Waals surface area (Å²) in [5, 5.41) is 5.75. The number of nitrogens with one attached hydrogen (secondary N) is 2. The molecule has 7 heteroatoms. The second-order valence-electron chi connectivity index (χ2n) is 5.69. The monoisotopic (exact) mass is 396 g/mol. The second-order valence-corrected chi connectivity index (χ2v) is 6.10. The van der Waals surface area contributed by atoms with Gasteiger partial charge in [-0.05, 0) is 54.1 Å². The van der Waals surface area contributed by atoms with Gasteiger partial charge in [0, 0.05) is 10.7 Å². The van der Waals surface area contributed by atoms with Crippen molar-refractivity contribution in [2.24, 2.45) is 0 Å². The normalized spacial score (nSPS) is 11.0. The number of carbonyl (C=O) groups is 2. The number of benzene rings is 2. The number of rotatable bonds is 6. The fourth-order valence-electron chi connectivity index (χ4n) is 2.37. The van der Waals surface area contributed by atoms with Gasteiger partial charge in [0.15, 0.2) is 5.76 Å². The first-order chi connectivity index (χ1) is 13.6. The van der Waals surface area contributed by atoms with Crippen molar-refractivity contribution in [3.05, 3.63) is 89.0 Å². The van der Waals surface area contributed by atoms with Gasteiger partial charge in [0.1, 0.15) is 11.4 Å². The summed E-state index contributed by atoms with van der Waals surface area (Å²) in [6.07, 6.45) is 2.88. The molecule has 2 aromatic carbocycles. The molecule has 0 aliphatic rings. The zero-order chi connectivity index (χ0) is 19.9. The Morgan fingerprint density at radius 1 is 1.04 bits per heavy atom. The van der Waals surface area contributed by atoms with Crippen molar-refractivity contribution >= 4 is 35.2 Å². The van der Waals surface area contributed by atoms with Crippen molar-refractivity contribution in [1.82, 2.24) is 5.32 Å². The Morgan fingerprint density at radius 3 is 2.43 bits per heavy atom. The molecule has 0 saturated carbocycles. The van der Waals surface area contributed by atoms with Gasteiger partial charge in [0.2, 0.25) is 0 Å². The molecule has 0 atom stereocenters. The molecule has 3 rings (SSSR count). The zero-order valence-electron chi connectivity index (χ0n) is 14.9. The molecule has 0 radical (unpaired) electrons. The first-order valence-electron chi connectivity index (χ1n) is 8.33. The molecule has 28 heavy (non-hydrogen) atoms. The van der Waals surface area contributed by atoms with E-state index in [4.69, 9.17) is 20.8 Å². The van der Waals surface area contributed by atoms with Gasteiger partial charge in [-0.1, -0.05) is 29.8 Å². The van der Waals surface area contributed by atoms with Crippen molar-refractivity contribution in [3.63, 3.8) is 0 Å². The summed E-state index contributed by atoms with van der Waals surface area (Å²) in [6.45, 7) is 0. The quantitative estimate of drug-likeness (QED) is 0.607. The predicted octanol–water partition coefficient (Wildman–Crippen LogP) is 4.35. The smallest absolute Gasteiger partial charge is 0.291 e. The molecule has 0 aliphatic heterocycles. The highest BCUT2D eigenvalue weighted by molar-refractivity contribution is 6.32. The minimum Gasteiger partial charge on any atom is -0.497 e. The lowest BCUT2D eigenvalue weighted by atomic mass is 10.1. The molecule has 1 heterocycles. The highest BCUT2D eigenvalue weighted by Crippen LogP contribution is 2.19. The lowest BCUT2D eigenvalue weighted by Gasteiger charge is -2.11. The summed E-state index contributed by atoms with van der Waals surface area (Å²) >= 11 is 6.18. The van der Waals surface area contributed by atoms with Crippen molar-refractivity contribution in [3.8, 4) is 5.75 Å². The van der Waals surface area contributed by atoms with Crippen LogP contribution in [0.15, 0.2) is 77.0 Å². The number of furan rings is 1. The van der Waals surface area contributed by atoms with E-state index in [1.54, 1.807) is 61.7 Å². The Bertz CT molecular complexity index is 996. The van der Waals surface area contributed by atoms with Gasteiger partial charge in [0.25, 0.3) is 11.8 Å². The van der Waals surface area contributed by atoms with Crippen LogP contribution in [0.4, 0.5) is 5.69 Å². The van der Waals surface area contributed by atoms with Crippen LogP contribution < -0.4 is 15.4 Å². The molecule has 1 aromatic heterocycles. The summed E-state index contributed by atoms with van der Waals surface area (Å²) in [4.78, 5) is 25.1. The fraction of sp³-hybridized carbons (Fsp3) is 0.0476. The molecule has 0 saturated heterocycles. The van der Waals surface area contributed by atoms with Gasteiger partial charge in [-0.25, -0.2) is 0 Å². The number of ether oxygens (including phenoxy) is 1. The Morgan fingerprint density at radius 2 is 1.79 bits per heavy atom. The Balaban J connectivity index is 1.87. The minimum absolute atomic E-state index is 0.0188. The van der Waals surface area contributed by atoms with Gasteiger partial charge in [-0.3, -0.25) is 9.59 Å². The van der Waals surface area contributed by atoms with E-state index in [1.807, 2.05) is 0 Å². The maximum absolute atomic E-state index is 12.8. The third kappa shape index (κ3) is 4.81. The van der Waals surface area contributed by atoms with Crippen molar-refractivity contribution in [2.75, 3.05) is 12.4 Å². The standard InChI is InChI=1S/C21H17ClN2O4/c1-27-16-10-8-15(9-11-16)23-20(25)18(13-14-5-2-3-6-17(14)22)24-21(26)19-7-4-12-28-19/h2-13H,1H3,(H,23,25)(H,24,26). The van der Waals surface area contributed by atoms with Crippen LogP contribution in [-0.2, 0) is 4.79 Å². The Labute approximate surface area is 166 Å². The van der Waals surface area contributed by atoms with Gasteiger partial charge in [-0.2, -0.15) is 0 Å². The van der Waals surface area contributed by atoms with Crippen LogP contribution in [0.5, 0.6) is 5.75 Å². The van der Waals surface area contributed by atoms with Crippen LogP contribution >= 0.6 is 11.6 Å². The zero-order valence-corrected chi connectivity index (χ0v) is 15.7. The van der Waals surface area contributed by atoms with Crippen molar-refractivity contribution in [2.45, 2.75) is 0 Å². The van der Waals surface area contributed by atoms with Gasteiger partial charge < -0.3 is 19.8 Å². The van der Waals surface area contributed by atoms with Gasteiger partial charge in [0.05, 0.1) is 13.4 Å². The van der Waals surface area contributed by atoms with E-state index in [0.717, 1.165) is 0 Å². The number of amides is 2. The maximum atomic E-state index is 12.8. The summed E-state index contributed by atoms with van der Waals surface area (Å²) in [5.41, 5.74) is 1.15. The molecule has 2 amide bonds. The molecule has 0 spiro atoms. The minimum atomic E-state index is -0.548. The van der Waals surface area contributed by atoms with Crippen LogP contribution in [0.25, 0.3) is 6.08 Å². The van der Waals surface area contributed by atoms with Crippen LogP contribution in [0.1, 0.15) is 16.1 Å². The van der Waals surface area contributed by atoms with E-state index in [2.05, 4.69) is 10.6 Å². The fourth-order valence-corrected chi connectivity index (χ4v) is 2.56. The topological polar surface area (TPSA) is 80.6 Å². The highest BCUT2D eigenvalue weighted by atomic mass is 35.5. The molecule has 2 N–H and O–H groups in total. The summed E-state index contributed by atoms with van der Waals surface area (Å²) < 4.78 is 10.2. The van der Waals surface area contributed by atoms with Crippen LogP contribution in [0, 0.1) is 0 Å². The summed E-state index contributed by atoms with van der Waals surface area (Å²) in [7, 11) is 1.56. The average molecular weight is 397 g/mol. The van der Waals surface area contributed by atoms with Gasteiger partial charge in [-0.15, -0.1) is 0 Å². The first-order valence-corrected chi connectivity index (χ1v) is 8.71. The van der Waals surface area contributed by atoms with E-state index in [1.165, 1.54) is 18.4 Å². The first kappa shape index (κ1) is 19.3. The van der Waals surface area contributed by atoms with E-state index in [9.17, 15) is 9.59 Å². The highest BCUT2D eigenvalue weighted by Gasteiger charge is 2.17. The van der Waals surface area contributed by atoms with Crippen molar-refractivity contribution < 1.29 is 18.7 Å². The number of anilines is 1. The molecule has 142 valence electrons. The third-order valence-electron chi connectivity index (χ3n) is 3.79. The molecule has 0 unspecified atom stereocenters. The summed E-state index contributed by atoms with van der Waals surface area (Å²) in [6, 6.07) is 16.9. The number of halogens is 1. The number of carbonyl (C=O) groups excluding carboxylic acids is 2. The predicted molar refractivity (Wildman–Crippen MR) is 107 cm³/mol. The molecular formula is C21H17ClN2O4. The molecule has 6 nitrogen and oxygen atoms in total. The van der Waals surface area contributed by atoms with Crippen LogP contribution in [-0.4, -0.2) is 18.9 Å². The lowest BCUT2D eigenvalue weighted by molar-refractivity contribution is -0.113. The largest absolute Gasteiger partial charge is 0.497 e. The molecular weight excluding hydrogens is 380 g/mol. The third-order valence-corrected chi connectivity index (χ3v) is 4.13. The molecule has 0 aliphatic carbocycles. The Kier molecular flexibility index (Phi) is 6.14. The average Bonchev–Trinajstić information content (AvgIpc) is 3.24. The van der Waals surface area contributed by atoms with Gasteiger partial charge >= 0.3 is 0 Å². The number of methoxy groups -OCH3 is 1. The molecule has 0 fully saturated rings. The van der Waals surface area contributed by atoms with Crippen LogP contribution in [0.3, 0.4) is 0 Å². The van der Waals surface area contributed by atoms with E-state index in [0.29, 0.717) is 22.0 Å². The Hall–Kier alpha value is -3.51.